The minimum atomic E-state index is -3.61. The molecule has 0 heterocycles. The number of hydrogen-bond acceptors (Lipinski definition) is 4. The van der Waals surface area contributed by atoms with E-state index in [0.29, 0.717) is 32.9 Å². The summed E-state index contributed by atoms with van der Waals surface area (Å²) >= 11 is 18.7. The zero-order valence-electron chi connectivity index (χ0n) is 20.8. The fraction of sp³-hybridized carbons (Fsp3) is 0.440. The van der Waals surface area contributed by atoms with Gasteiger partial charge in [0.05, 0.1) is 11.9 Å². The molecule has 2 aromatic rings. The highest BCUT2D eigenvalue weighted by atomic mass is 35.5. The predicted octanol–water partition coefficient (Wildman–Crippen LogP) is 5.38. The molecule has 2 aromatic carbocycles. The Morgan fingerprint density at radius 1 is 1.00 bits per heavy atom. The molecule has 1 N–H and O–H groups in total. The molecule has 0 unspecified atom stereocenters. The molecular weight excluding hydrogens is 545 g/mol. The third-order valence-electron chi connectivity index (χ3n) is 5.49. The van der Waals surface area contributed by atoms with E-state index in [9.17, 15) is 18.0 Å². The largest absolute Gasteiger partial charge is 0.354 e. The van der Waals surface area contributed by atoms with E-state index in [4.69, 9.17) is 34.8 Å². The van der Waals surface area contributed by atoms with Crippen LogP contribution in [0.1, 0.15) is 39.2 Å². The molecule has 0 spiro atoms. The number of benzene rings is 2. The molecule has 11 heteroatoms. The van der Waals surface area contributed by atoms with Gasteiger partial charge in [-0.3, -0.25) is 13.9 Å². The summed E-state index contributed by atoms with van der Waals surface area (Å²) in [5, 5.41) is 4.03. The van der Waals surface area contributed by atoms with Gasteiger partial charge in [-0.15, -0.1) is 0 Å². The number of sulfonamides is 1. The number of carbonyl (C=O) groups excluding carboxylic acids is 2. The van der Waals surface area contributed by atoms with Crippen molar-refractivity contribution in [2.24, 2.45) is 5.92 Å². The van der Waals surface area contributed by atoms with Crippen LogP contribution in [0.2, 0.25) is 15.1 Å². The van der Waals surface area contributed by atoms with Gasteiger partial charge in [-0.1, -0.05) is 60.8 Å². The van der Waals surface area contributed by atoms with Crippen LogP contribution < -0.4 is 9.62 Å². The lowest BCUT2D eigenvalue weighted by atomic mass is 10.1. The van der Waals surface area contributed by atoms with E-state index in [-0.39, 0.29) is 43.7 Å². The standard InChI is InChI=1S/C25H32Cl3N3O4S/c1-17(2)15-29-25(33)18(3)30(16-21-22(27)10-6-11-23(21)28)24(32)12-7-13-31(36(4,34)35)20-9-5-8-19(26)14-20/h5-6,8-11,14,17-18H,7,12-13,15-16H2,1-4H3,(H,29,33)/t18-/m1/s1. The summed E-state index contributed by atoms with van der Waals surface area (Å²) in [6, 6.07) is 10.8. The van der Waals surface area contributed by atoms with Crippen molar-refractivity contribution in [1.29, 1.82) is 0 Å². The molecule has 0 aromatic heterocycles. The third kappa shape index (κ3) is 8.83. The maximum Gasteiger partial charge on any atom is 0.242 e. The molecule has 0 aliphatic carbocycles. The second kappa shape index (κ2) is 13.5. The van der Waals surface area contributed by atoms with Gasteiger partial charge in [-0.05, 0) is 49.6 Å². The molecule has 0 fully saturated rings. The zero-order valence-corrected chi connectivity index (χ0v) is 23.9. The van der Waals surface area contributed by atoms with Crippen LogP contribution in [-0.2, 0) is 26.2 Å². The van der Waals surface area contributed by atoms with Crippen molar-refractivity contribution >= 4 is 62.3 Å². The first-order valence-corrected chi connectivity index (χ1v) is 14.5. The second-order valence-corrected chi connectivity index (χ2v) is 12.1. The number of carbonyl (C=O) groups is 2. The summed E-state index contributed by atoms with van der Waals surface area (Å²) in [7, 11) is -3.61. The van der Waals surface area contributed by atoms with E-state index in [1.165, 1.54) is 9.21 Å². The molecule has 0 radical (unpaired) electrons. The molecule has 0 bridgehead atoms. The fourth-order valence-electron chi connectivity index (χ4n) is 3.52. The third-order valence-corrected chi connectivity index (χ3v) is 7.63. The van der Waals surface area contributed by atoms with Crippen LogP contribution in [0.4, 0.5) is 5.69 Å². The lowest BCUT2D eigenvalue weighted by molar-refractivity contribution is -0.140. The van der Waals surface area contributed by atoms with Gasteiger partial charge < -0.3 is 10.2 Å². The van der Waals surface area contributed by atoms with E-state index < -0.39 is 16.1 Å². The lowest BCUT2D eigenvalue weighted by Gasteiger charge is -2.30. The van der Waals surface area contributed by atoms with Gasteiger partial charge in [-0.25, -0.2) is 8.42 Å². The Kier molecular flexibility index (Phi) is 11.3. The molecule has 0 saturated heterocycles. The van der Waals surface area contributed by atoms with Crippen LogP contribution in [0.3, 0.4) is 0 Å². The van der Waals surface area contributed by atoms with Crippen molar-refractivity contribution in [2.45, 2.75) is 46.2 Å². The molecule has 2 rings (SSSR count). The summed E-state index contributed by atoms with van der Waals surface area (Å²) in [6.45, 7) is 6.18. The average Bonchev–Trinajstić information content (AvgIpc) is 2.78. The minimum Gasteiger partial charge on any atom is -0.354 e. The van der Waals surface area contributed by atoms with E-state index in [1.807, 2.05) is 13.8 Å². The highest BCUT2D eigenvalue weighted by Crippen LogP contribution is 2.27. The smallest absolute Gasteiger partial charge is 0.242 e. The monoisotopic (exact) mass is 575 g/mol. The molecule has 2 amide bonds. The molecule has 36 heavy (non-hydrogen) atoms. The lowest BCUT2D eigenvalue weighted by Crippen LogP contribution is -2.48. The number of halogens is 3. The first kappa shape index (κ1) is 30.2. The first-order valence-electron chi connectivity index (χ1n) is 11.5. The molecule has 198 valence electrons. The van der Waals surface area contributed by atoms with Gasteiger partial charge in [0.15, 0.2) is 0 Å². The summed E-state index contributed by atoms with van der Waals surface area (Å²) < 4.78 is 26.0. The number of nitrogens with zero attached hydrogens (tertiary/aromatic N) is 2. The number of anilines is 1. The van der Waals surface area contributed by atoms with Crippen LogP contribution in [-0.4, -0.2) is 50.5 Å². The highest BCUT2D eigenvalue weighted by molar-refractivity contribution is 7.92. The van der Waals surface area contributed by atoms with Gasteiger partial charge in [0, 0.05) is 46.7 Å². The topological polar surface area (TPSA) is 86.8 Å². The SMILES string of the molecule is CC(C)CNC(=O)[C@@H](C)N(Cc1c(Cl)cccc1Cl)C(=O)CCCN(c1cccc(Cl)c1)S(C)(=O)=O. The van der Waals surface area contributed by atoms with Crippen LogP contribution in [0.15, 0.2) is 42.5 Å². The van der Waals surface area contributed by atoms with Crippen molar-refractivity contribution < 1.29 is 18.0 Å². The number of rotatable bonds is 12. The zero-order chi connectivity index (χ0) is 27.0. The Morgan fingerprint density at radius 2 is 1.61 bits per heavy atom. The van der Waals surface area contributed by atoms with Crippen molar-refractivity contribution in [1.82, 2.24) is 10.2 Å². The molecular formula is C25H32Cl3N3O4S. The maximum atomic E-state index is 13.3. The molecule has 7 nitrogen and oxygen atoms in total. The summed E-state index contributed by atoms with van der Waals surface area (Å²) in [4.78, 5) is 27.6. The Bertz CT molecular complexity index is 1150. The van der Waals surface area contributed by atoms with Crippen molar-refractivity contribution in [3.8, 4) is 0 Å². The fourth-order valence-corrected chi connectivity index (χ4v) is 5.18. The molecule has 1 atom stereocenters. The number of amides is 2. The van der Waals surface area contributed by atoms with E-state index in [1.54, 1.807) is 49.4 Å². The molecule has 0 aliphatic heterocycles. The predicted molar refractivity (Wildman–Crippen MR) is 147 cm³/mol. The van der Waals surface area contributed by atoms with Gasteiger partial charge in [0.1, 0.15) is 6.04 Å². The first-order chi connectivity index (χ1) is 16.8. The number of nitrogens with one attached hydrogen (secondary N) is 1. The average molecular weight is 577 g/mol. The van der Waals surface area contributed by atoms with Gasteiger partial charge in [0.25, 0.3) is 0 Å². The highest BCUT2D eigenvalue weighted by Gasteiger charge is 2.28. The van der Waals surface area contributed by atoms with Crippen LogP contribution in [0, 0.1) is 5.92 Å². The normalized spacial score (nSPS) is 12.3. The van der Waals surface area contributed by atoms with Gasteiger partial charge in [0.2, 0.25) is 21.8 Å². The van der Waals surface area contributed by atoms with Crippen molar-refractivity contribution in [3.63, 3.8) is 0 Å². The van der Waals surface area contributed by atoms with Crippen LogP contribution in [0.5, 0.6) is 0 Å². The van der Waals surface area contributed by atoms with Crippen molar-refractivity contribution in [3.05, 3.63) is 63.1 Å². The second-order valence-electron chi connectivity index (χ2n) is 8.96. The van der Waals surface area contributed by atoms with Gasteiger partial charge in [-0.2, -0.15) is 0 Å². The molecule has 0 aliphatic rings. The Hall–Kier alpha value is -2.00. The Morgan fingerprint density at radius 3 is 2.17 bits per heavy atom. The van der Waals surface area contributed by atoms with E-state index in [2.05, 4.69) is 5.32 Å². The quantitative estimate of drug-likeness (QED) is 0.367. The maximum absolute atomic E-state index is 13.3. The minimum absolute atomic E-state index is 0.0104. The molecule has 0 saturated carbocycles. The summed E-state index contributed by atoms with van der Waals surface area (Å²) in [6.07, 6.45) is 1.34. The van der Waals surface area contributed by atoms with Crippen LogP contribution in [0.25, 0.3) is 0 Å². The summed E-state index contributed by atoms with van der Waals surface area (Å²) in [5.74, 6) is -0.369. The van der Waals surface area contributed by atoms with E-state index in [0.717, 1.165) is 6.26 Å². The Balaban J connectivity index is 2.22. The van der Waals surface area contributed by atoms with E-state index >= 15 is 0 Å². The van der Waals surface area contributed by atoms with Gasteiger partial charge >= 0.3 is 0 Å². The Labute approximate surface area is 228 Å². The van der Waals surface area contributed by atoms with Crippen LogP contribution >= 0.6 is 34.8 Å². The summed E-state index contributed by atoms with van der Waals surface area (Å²) in [5.41, 5.74) is 0.952. The number of hydrogen-bond donors (Lipinski definition) is 1. The van der Waals surface area contributed by atoms with Crippen molar-refractivity contribution in [2.75, 3.05) is 23.7 Å².